The Kier molecular flexibility index (Phi) is 2.59. The summed E-state index contributed by atoms with van der Waals surface area (Å²) < 4.78 is 0. The summed E-state index contributed by atoms with van der Waals surface area (Å²) in [6, 6.07) is 7.74. The van der Waals surface area contributed by atoms with Gasteiger partial charge in [0.15, 0.2) is 0 Å². The minimum absolute atomic E-state index is 0.103. The van der Waals surface area contributed by atoms with Gasteiger partial charge in [-0.3, -0.25) is 4.79 Å². The Morgan fingerprint density at radius 3 is 2.94 bits per heavy atom. The van der Waals surface area contributed by atoms with Crippen LogP contribution in [0.15, 0.2) is 29.6 Å². The molecule has 1 aliphatic heterocycles. The van der Waals surface area contributed by atoms with Crippen molar-refractivity contribution >= 4 is 28.6 Å². The molecule has 0 atom stereocenters. The molecule has 0 saturated heterocycles. The van der Waals surface area contributed by atoms with Gasteiger partial charge >= 0.3 is 0 Å². The van der Waals surface area contributed by atoms with Crippen molar-refractivity contribution in [2.45, 2.75) is 13.3 Å². The smallest absolute Gasteiger partial charge is 0.268 e. The summed E-state index contributed by atoms with van der Waals surface area (Å²) in [6.45, 7) is 2.72. The number of hydrogen-bond acceptors (Lipinski definition) is 3. The Bertz CT molecular complexity index is 618. The standard InChI is InChI=1S/C14H14N2OS/c1-9-5-7-18-13(9)14(17)16-6-4-10-8-11(15)2-3-12(10)16/h2-3,5,7-8H,4,6,15H2,1H3. The van der Waals surface area contributed by atoms with Crippen LogP contribution in [-0.2, 0) is 6.42 Å². The average molecular weight is 258 g/mol. The summed E-state index contributed by atoms with van der Waals surface area (Å²) >= 11 is 1.51. The van der Waals surface area contributed by atoms with E-state index in [2.05, 4.69) is 0 Å². The Morgan fingerprint density at radius 1 is 1.39 bits per heavy atom. The Balaban J connectivity index is 1.98. The van der Waals surface area contributed by atoms with Gasteiger partial charge in [-0.25, -0.2) is 0 Å². The quantitative estimate of drug-likeness (QED) is 0.799. The number of rotatable bonds is 1. The number of anilines is 2. The zero-order valence-electron chi connectivity index (χ0n) is 10.1. The minimum Gasteiger partial charge on any atom is -0.399 e. The van der Waals surface area contributed by atoms with Crippen molar-refractivity contribution in [2.24, 2.45) is 0 Å². The molecule has 3 nitrogen and oxygen atoms in total. The first-order valence-corrected chi connectivity index (χ1v) is 6.79. The second-order valence-corrected chi connectivity index (χ2v) is 5.44. The number of amides is 1. The summed E-state index contributed by atoms with van der Waals surface area (Å²) in [6.07, 6.45) is 0.885. The molecule has 0 spiro atoms. The number of thiophene rings is 1. The van der Waals surface area contributed by atoms with Crippen LogP contribution in [0.5, 0.6) is 0 Å². The molecule has 2 aromatic rings. The van der Waals surface area contributed by atoms with Gasteiger partial charge in [0.2, 0.25) is 0 Å². The van der Waals surface area contributed by atoms with Gasteiger partial charge < -0.3 is 10.6 Å². The van der Waals surface area contributed by atoms with Crippen LogP contribution >= 0.6 is 11.3 Å². The predicted octanol–water partition coefficient (Wildman–Crippen LogP) is 2.84. The Hall–Kier alpha value is -1.81. The molecular weight excluding hydrogens is 244 g/mol. The number of aryl methyl sites for hydroxylation is 1. The van der Waals surface area contributed by atoms with Crippen molar-refractivity contribution in [3.8, 4) is 0 Å². The van der Waals surface area contributed by atoms with Crippen molar-refractivity contribution in [3.05, 3.63) is 45.6 Å². The molecule has 0 fully saturated rings. The summed E-state index contributed by atoms with van der Waals surface area (Å²) in [7, 11) is 0. The maximum absolute atomic E-state index is 12.5. The molecule has 18 heavy (non-hydrogen) atoms. The lowest BCUT2D eigenvalue weighted by atomic mass is 10.1. The van der Waals surface area contributed by atoms with Gasteiger partial charge in [-0.1, -0.05) is 0 Å². The van der Waals surface area contributed by atoms with E-state index in [1.54, 1.807) is 0 Å². The van der Waals surface area contributed by atoms with E-state index in [1.165, 1.54) is 11.3 Å². The molecule has 2 N–H and O–H groups in total. The van der Waals surface area contributed by atoms with Crippen molar-refractivity contribution in [1.82, 2.24) is 0 Å². The Morgan fingerprint density at radius 2 is 2.22 bits per heavy atom. The largest absolute Gasteiger partial charge is 0.399 e. The lowest BCUT2D eigenvalue weighted by Crippen LogP contribution is -2.28. The summed E-state index contributed by atoms with van der Waals surface area (Å²) in [5, 5.41) is 1.96. The van der Waals surface area contributed by atoms with E-state index in [0.717, 1.165) is 40.3 Å². The topological polar surface area (TPSA) is 46.3 Å². The van der Waals surface area contributed by atoms with Crippen LogP contribution in [0.25, 0.3) is 0 Å². The first kappa shape index (κ1) is 11.3. The molecule has 0 radical (unpaired) electrons. The first-order chi connectivity index (χ1) is 8.66. The van der Waals surface area contributed by atoms with E-state index in [0.29, 0.717) is 0 Å². The lowest BCUT2D eigenvalue weighted by molar-refractivity contribution is 0.0993. The first-order valence-electron chi connectivity index (χ1n) is 5.91. The molecule has 2 heterocycles. The van der Waals surface area contributed by atoms with E-state index >= 15 is 0 Å². The van der Waals surface area contributed by atoms with Gasteiger partial charge in [0.1, 0.15) is 0 Å². The monoisotopic (exact) mass is 258 g/mol. The van der Waals surface area contributed by atoms with Crippen LogP contribution in [0.2, 0.25) is 0 Å². The molecule has 0 bridgehead atoms. The van der Waals surface area contributed by atoms with Crippen LogP contribution in [0.1, 0.15) is 20.8 Å². The molecule has 1 aromatic carbocycles. The predicted molar refractivity (Wildman–Crippen MR) is 75.3 cm³/mol. The van der Waals surface area contributed by atoms with Crippen LogP contribution in [0, 0.1) is 6.92 Å². The number of carbonyl (C=O) groups is 1. The molecule has 3 rings (SSSR count). The molecule has 92 valence electrons. The molecule has 1 aliphatic rings. The molecule has 4 heteroatoms. The van der Waals surface area contributed by atoms with E-state index in [1.807, 2.05) is 41.5 Å². The van der Waals surface area contributed by atoms with E-state index in [-0.39, 0.29) is 5.91 Å². The fourth-order valence-electron chi connectivity index (χ4n) is 2.35. The number of nitrogen functional groups attached to an aromatic ring is 1. The molecule has 1 amide bonds. The van der Waals surface area contributed by atoms with Gasteiger partial charge in [-0.05, 0) is 54.1 Å². The summed E-state index contributed by atoms with van der Waals surface area (Å²) in [4.78, 5) is 15.2. The van der Waals surface area contributed by atoms with Gasteiger partial charge in [-0.15, -0.1) is 11.3 Å². The maximum Gasteiger partial charge on any atom is 0.268 e. The number of hydrogen-bond donors (Lipinski definition) is 1. The molecule has 0 aliphatic carbocycles. The van der Waals surface area contributed by atoms with Gasteiger partial charge in [0.05, 0.1) is 4.88 Å². The van der Waals surface area contributed by atoms with Crippen LogP contribution in [-0.4, -0.2) is 12.5 Å². The summed E-state index contributed by atoms with van der Waals surface area (Å²) in [5.74, 6) is 0.103. The number of benzene rings is 1. The lowest BCUT2D eigenvalue weighted by Gasteiger charge is -2.17. The highest BCUT2D eigenvalue weighted by Crippen LogP contribution is 2.32. The van der Waals surface area contributed by atoms with E-state index < -0.39 is 0 Å². The van der Waals surface area contributed by atoms with E-state index in [9.17, 15) is 4.79 Å². The fourth-order valence-corrected chi connectivity index (χ4v) is 3.22. The van der Waals surface area contributed by atoms with Crippen LogP contribution in [0.4, 0.5) is 11.4 Å². The second kappa shape index (κ2) is 4.14. The Labute approximate surface area is 110 Å². The van der Waals surface area contributed by atoms with Gasteiger partial charge in [0, 0.05) is 17.9 Å². The third-order valence-electron chi connectivity index (χ3n) is 3.30. The maximum atomic E-state index is 12.5. The van der Waals surface area contributed by atoms with Gasteiger partial charge in [-0.2, -0.15) is 0 Å². The van der Waals surface area contributed by atoms with Crippen LogP contribution in [0.3, 0.4) is 0 Å². The number of fused-ring (bicyclic) bond motifs is 1. The van der Waals surface area contributed by atoms with Crippen molar-refractivity contribution in [2.75, 3.05) is 17.2 Å². The normalized spacial score (nSPS) is 13.7. The van der Waals surface area contributed by atoms with Crippen molar-refractivity contribution in [1.29, 1.82) is 0 Å². The van der Waals surface area contributed by atoms with Crippen LogP contribution < -0.4 is 10.6 Å². The minimum atomic E-state index is 0.103. The zero-order valence-corrected chi connectivity index (χ0v) is 11.0. The second-order valence-electron chi connectivity index (χ2n) is 4.53. The fraction of sp³-hybridized carbons (Fsp3) is 0.214. The SMILES string of the molecule is Cc1ccsc1C(=O)N1CCc2cc(N)ccc21. The molecule has 0 saturated carbocycles. The molecule has 1 aromatic heterocycles. The van der Waals surface area contributed by atoms with E-state index in [4.69, 9.17) is 5.73 Å². The zero-order chi connectivity index (χ0) is 12.7. The van der Waals surface area contributed by atoms with Crippen molar-refractivity contribution in [3.63, 3.8) is 0 Å². The molecule has 0 unspecified atom stereocenters. The third-order valence-corrected chi connectivity index (χ3v) is 4.31. The summed E-state index contributed by atoms with van der Waals surface area (Å²) in [5.41, 5.74) is 9.75. The highest BCUT2D eigenvalue weighted by Gasteiger charge is 2.26. The van der Waals surface area contributed by atoms with Gasteiger partial charge in [0.25, 0.3) is 5.91 Å². The van der Waals surface area contributed by atoms with Crippen molar-refractivity contribution < 1.29 is 4.79 Å². The number of nitrogens with zero attached hydrogens (tertiary/aromatic N) is 1. The number of nitrogens with two attached hydrogens (primary N) is 1. The number of carbonyl (C=O) groups excluding carboxylic acids is 1. The average Bonchev–Trinajstić information content (AvgIpc) is 2.94. The highest BCUT2D eigenvalue weighted by atomic mass is 32.1. The third kappa shape index (κ3) is 1.69. The highest BCUT2D eigenvalue weighted by molar-refractivity contribution is 7.12. The molecular formula is C14H14N2OS.